The van der Waals surface area contributed by atoms with Crippen molar-refractivity contribution < 1.29 is 4.79 Å². The van der Waals surface area contributed by atoms with Gasteiger partial charge in [0.2, 0.25) is 5.91 Å². The zero-order valence-electron chi connectivity index (χ0n) is 9.65. The number of carbonyl (C=O) groups excluding carboxylic acids is 1. The summed E-state index contributed by atoms with van der Waals surface area (Å²) in [6.07, 6.45) is 1.23. The molecular formula is C11H18N4O. The highest BCUT2D eigenvalue weighted by molar-refractivity contribution is 5.78. The van der Waals surface area contributed by atoms with Gasteiger partial charge in [0.1, 0.15) is 0 Å². The molecule has 0 bridgehead atoms. The van der Waals surface area contributed by atoms with Crippen molar-refractivity contribution in [1.29, 1.82) is 10.5 Å². The lowest BCUT2D eigenvalue weighted by Crippen LogP contribution is -2.37. The van der Waals surface area contributed by atoms with Gasteiger partial charge in [0.05, 0.1) is 25.0 Å². The van der Waals surface area contributed by atoms with Gasteiger partial charge >= 0.3 is 0 Å². The summed E-state index contributed by atoms with van der Waals surface area (Å²) in [6.45, 7) is 3.08. The zero-order chi connectivity index (χ0) is 12.4. The second-order valence-corrected chi connectivity index (χ2v) is 3.62. The van der Waals surface area contributed by atoms with E-state index in [1.807, 2.05) is 19.1 Å². The fourth-order valence-corrected chi connectivity index (χ4v) is 1.39. The van der Waals surface area contributed by atoms with Crippen LogP contribution in [0, 0.1) is 28.6 Å². The number of rotatable bonds is 7. The maximum Gasteiger partial charge on any atom is 0.225 e. The van der Waals surface area contributed by atoms with Crippen LogP contribution >= 0.6 is 0 Å². The summed E-state index contributed by atoms with van der Waals surface area (Å²) < 4.78 is 0. The molecule has 0 aromatic heterocycles. The summed E-state index contributed by atoms with van der Waals surface area (Å²) in [4.78, 5) is 13.5. The quantitative estimate of drug-likeness (QED) is 0.683. The van der Waals surface area contributed by atoms with Gasteiger partial charge in [-0.3, -0.25) is 4.79 Å². The number of carbonyl (C=O) groups is 1. The molecular weight excluding hydrogens is 204 g/mol. The first-order valence-corrected chi connectivity index (χ1v) is 5.40. The topological polar surface area (TPSA) is 93.9 Å². The molecule has 0 rings (SSSR count). The highest BCUT2D eigenvalue weighted by atomic mass is 16.2. The molecule has 1 unspecified atom stereocenters. The lowest BCUT2D eigenvalue weighted by atomic mass is 10.1. The summed E-state index contributed by atoms with van der Waals surface area (Å²) in [5.41, 5.74) is 5.39. The van der Waals surface area contributed by atoms with Crippen molar-refractivity contribution in [3.05, 3.63) is 0 Å². The molecule has 0 radical (unpaired) electrons. The first-order chi connectivity index (χ1) is 7.67. The van der Waals surface area contributed by atoms with E-state index in [1.54, 1.807) is 4.90 Å². The Balaban J connectivity index is 4.31. The van der Waals surface area contributed by atoms with E-state index in [4.69, 9.17) is 16.3 Å². The molecule has 5 nitrogen and oxygen atoms in total. The van der Waals surface area contributed by atoms with Crippen molar-refractivity contribution >= 4 is 5.91 Å². The molecule has 0 saturated carbocycles. The van der Waals surface area contributed by atoms with Crippen molar-refractivity contribution in [3.63, 3.8) is 0 Å². The molecule has 0 aromatic rings. The number of amides is 1. The molecule has 2 N–H and O–H groups in total. The number of hydrogen-bond acceptors (Lipinski definition) is 4. The summed E-state index contributed by atoms with van der Waals surface area (Å²) in [6, 6.07) is 4.00. The van der Waals surface area contributed by atoms with Crippen LogP contribution in [-0.4, -0.2) is 30.4 Å². The third-order valence-corrected chi connectivity index (χ3v) is 2.32. The normalized spacial score (nSPS) is 11.2. The van der Waals surface area contributed by atoms with E-state index in [0.29, 0.717) is 38.9 Å². The van der Waals surface area contributed by atoms with Crippen molar-refractivity contribution in [3.8, 4) is 12.1 Å². The van der Waals surface area contributed by atoms with Crippen molar-refractivity contribution in [2.24, 2.45) is 11.7 Å². The van der Waals surface area contributed by atoms with E-state index in [1.165, 1.54) is 0 Å². The minimum atomic E-state index is -0.137. The lowest BCUT2D eigenvalue weighted by molar-refractivity contribution is -0.135. The molecule has 0 aliphatic heterocycles. The van der Waals surface area contributed by atoms with Gasteiger partial charge in [0.25, 0.3) is 0 Å². The molecule has 1 atom stereocenters. The van der Waals surface area contributed by atoms with Crippen LogP contribution in [0.4, 0.5) is 0 Å². The third-order valence-electron chi connectivity index (χ3n) is 2.32. The Labute approximate surface area is 96.4 Å². The molecule has 0 spiro atoms. The van der Waals surface area contributed by atoms with Crippen LogP contribution in [0.5, 0.6) is 0 Å². The fourth-order valence-electron chi connectivity index (χ4n) is 1.39. The Morgan fingerprint density at radius 2 is 1.81 bits per heavy atom. The molecule has 5 heteroatoms. The average Bonchev–Trinajstić information content (AvgIpc) is 2.29. The first-order valence-electron chi connectivity index (χ1n) is 5.40. The Bertz CT molecular complexity index is 271. The van der Waals surface area contributed by atoms with Crippen LogP contribution in [0.1, 0.15) is 26.2 Å². The van der Waals surface area contributed by atoms with Crippen LogP contribution in [0.3, 0.4) is 0 Å². The van der Waals surface area contributed by atoms with Gasteiger partial charge in [-0.2, -0.15) is 10.5 Å². The minimum absolute atomic E-state index is 0.0176. The van der Waals surface area contributed by atoms with Crippen LogP contribution in [-0.2, 0) is 4.79 Å². The third kappa shape index (κ3) is 5.33. The van der Waals surface area contributed by atoms with E-state index in [9.17, 15) is 4.79 Å². The van der Waals surface area contributed by atoms with Gasteiger partial charge in [0, 0.05) is 19.0 Å². The number of hydrogen-bond donors (Lipinski definition) is 1. The Morgan fingerprint density at radius 1 is 1.31 bits per heavy atom. The first kappa shape index (κ1) is 14.4. The number of nitrogens with two attached hydrogens (primary N) is 1. The monoisotopic (exact) mass is 222 g/mol. The Morgan fingerprint density at radius 3 is 2.19 bits per heavy atom. The molecule has 0 aliphatic carbocycles. The summed E-state index contributed by atoms with van der Waals surface area (Å²) >= 11 is 0. The van der Waals surface area contributed by atoms with Gasteiger partial charge in [-0.05, 0) is 13.0 Å². The Hall–Kier alpha value is -1.59. The minimum Gasteiger partial charge on any atom is -0.340 e. The van der Waals surface area contributed by atoms with Gasteiger partial charge in [-0.25, -0.2) is 0 Å². The standard InChI is InChI=1S/C11H18N4O/c1-10(4-7-14)11(16)15(8-2-5-12)9-3-6-13/h10H,2-4,7-9,14H2,1H3. The van der Waals surface area contributed by atoms with E-state index in [-0.39, 0.29) is 11.8 Å². The lowest BCUT2D eigenvalue weighted by Gasteiger charge is -2.23. The maximum atomic E-state index is 11.9. The number of nitrogens with zero attached hydrogens (tertiary/aromatic N) is 3. The molecule has 0 aliphatic rings. The van der Waals surface area contributed by atoms with E-state index < -0.39 is 0 Å². The molecule has 1 amide bonds. The Kier molecular flexibility index (Phi) is 7.83. The second kappa shape index (κ2) is 8.70. The molecule has 88 valence electrons. The van der Waals surface area contributed by atoms with Crippen LogP contribution < -0.4 is 5.73 Å². The summed E-state index contributed by atoms with van der Waals surface area (Å²) in [7, 11) is 0. The molecule has 0 fully saturated rings. The summed E-state index contributed by atoms with van der Waals surface area (Å²) in [5.74, 6) is -0.154. The number of nitriles is 2. The molecule has 16 heavy (non-hydrogen) atoms. The molecule has 0 aromatic carbocycles. The molecule has 0 heterocycles. The SMILES string of the molecule is CC(CCN)C(=O)N(CCC#N)CCC#N. The van der Waals surface area contributed by atoms with Gasteiger partial charge in [-0.15, -0.1) is 0 Å². The fraction of sp³-hybridized carbons (Fsp3) is 0.727. The van der Waals surface area contributed by atoms with Gasteiger partial charge < -0.3 is 10.6 Å². The predicted molar refractivity (Wildman–Crippen MR) is 59.9 cm³/mol. The van der Waals surface area contributed by atoms with Crippen LogP contribution in [0.15, 0.2) is 0 Å². The predicted octanol–water partition coefficient (Wildman–Crippen LogP) is 0.627. The second-order valence-electron chi connectivity index (χ2n) is 3.62. The molecule has 0 saturated heterocycles. The van der Waals surface area contributed by atoms with Crippen LogP contribution in [0.2, 0.25) is 0 Å². The highest BCUT2D eigenvalue weighted by Crippen LogP contribution is 2.07. The smallest absolute Gasteiger partial charge is 0.225 e. The summed E-state index contributed by atoms with van der Waals surface area (Å²) in [5, 5.41) is 17.0. The highest BCUT2D eigenvalue weighted by Gasteiger charge is 2.19. The van der Waals surface area contributed by atoms with E-state index in [0.717, 1.165) is 0 Å². The largest absolute Gasteiger partial charge is 0.340 e. The van der Waals surface area contributed by atoms with E-state index >= 15 is 0 Å². The maximum absolute atomic E-state index is 11.9. The van der Waals surface area contributed by atoms with Crippen molar-refractivity contribution in [2.75, 3.05) is 19.6 Å². The van der Waals surface area contributed by atoms with Gasteiger partial charge in [0.15, 0.2) is 0 Å². The van der Waals surface area contributed by atoms with Crippen LogP contribution in [0.25, 0.3) is 0 Å². The van der Waals surface area contributed by atoms with Crippen molar-refractivity contribution in [1.82, 2.24) is 4.90 Å². The van der Waals surface area contributed by atoms with Crippen molar-refractivity contribution in [2.45, 2.75) is 26.2 Å². The average molecular weight is 222 g/mol. The van der Waals surface area contributed by atoms with E-state index in [2.05, 4.69) is 0 Å². The zero-order valence-corrected chi connectivity index (χ0v) is 9.65. The van der Waals surface area contributed by atoms with Gasteiger partial charge in [-0.1, -0.05) is 6.92 Å².